The summed E-state index contributed by atoms with van der Waals surface area (Å²) in [5.41, 5.74) is 1.98. The Kier molecular flexibility index (Phi) is 5.48. The lowest BCUT2D eigenvalue weighted by atomic mass is 10.1. The monoisotopic (exact) mass is 397 g/mol. The number of nitrogens with one attached hydrogen (secondary N) is 1. The highest BCUT2D eigenvalue weighted by Crippen LogP contribution is 2.29. The van der Waals surface area contributed by atoms with E-state index in [0.29, 0.717) is 10.8 Å². The second-order valence-corrected chi connectivity index (χ2v) is 7.66. The predicted octanol–water partition coefficient (Wildman–Crippen LogP) is 3.86. The summed E-state index contributed by atoms with van der Waals surface area (Å²) in [6, 6.07) is 11.1. The molecule has 0 unspecified atom stereocenters. The standard InChI is InChI=1S/C20H19N3O4S/c24-17(21-20-23-22-18(27-20)13-7-3-1-4-8-13)12-26-19(25)16-11-14-9-5-2-6-10-15(14)28-16/h1,3-4,7-8,11H,2,5-6,9-10,12H2,(H,21,23,24). The predicted molar refractivity (Wildman–Crippen MR) is 104 cm³/mol. The van der Waals surface area contributed by atoms with E-state index in [2.05, 4.69) is 15.5 Å². The van der Waals surface area contributed by atoms with Crippen molar-refractivity contribution in [1.29, 1.82) is 0 Å². The molecule has 4 rings (SSSR count). The Morgan fingerprint density at radius 1 is 1.11 bits per heavy atom. The number of aryl methyl sites for hydroxylation is 2. The van der Waals surface area contributed by atoms with Crippen molar-refractivity contribution in [2.45, 2.75) is 32.1 Å². The topological polar surface area (TPSA) is 94.3 Å². The van der Waals surface area contributed by atoms with Crippen LogP contribution in [0.5, 0.6) is 0 Å². The molecule has 144 valence electrons. The molecule has 1 aromatic carbocycles. The highest BCUT2D eigenvalue weighted by Gasteiger charge is 2.19. The molecule has 0 atom stereocenters. The average Bonchev–Trinajstić information content (AvgIpc) is 3.29. The van der Waals surface area contributed by atoms with Gasteiger partial charge in [0, 0.05) is 10.4 Å². The summed E-state index contributed by atoms with van der Waals surface area (Å²) in [5.74, 6) is -0.716. The average molecular weight is 397 g/mol. The summed E-state index contributed by atoms with van der Waals surface area (Å²) in [6.07, 6.45) is 5.54. The summed E-state index contributed by atoms with van der Waals surface area (Å²) in [7, 11) is 0. The molecule has 0 bridgehead atoms. The molecule has 0 radical (unpaired) electrons. The number of fused-ring (bicyclic) bond motifs is 1. The molecule has 8 heteroatoms. The van der Waals surface area contributed by atoms with Crippen molar-refractivity contribution in [2.24, 2.45) is 0 Å². The maximum absolute atomic E-state index is 12.3. The number of rotatable bonds is 5. The Hall–Kier alpha value is -3.00. The number of esters is 1. The molecule has 0 saturated carbocycles. The van der Waals surface area contributed by atoms with Gasteiger partial charge in [-0.05, 0) is 49.4 Å². The second-order valence-electron chi connectivity index (χ2n) is 6.52. The van der Waals surface area contributed by atoms with Crippen molar-refractivity contribution in [3.05, 3.63) is 51.7 Å². The van der Waals surface area contributed by atoms with E-state index in [4.69, 9.17) is 9.15 Å². The van der Waals surface area contributed by atoms with Crippen molar-refractivity contribution in [2.75, 3.05) is 11.9 Å². The van der Waals surface area contributed by atoms with Crippen LogP contribution in [0.2, 0.25) is 0 Å². The van der Waals surface area contributed by atoms with Crippen molar-refractivity contribution in [3.8, 4) is 11.5 Å². The highest BCUT2D eigenvalue weighted by atomic mass is 32.1. The van der Waals surface area contributed by atoms with Gasteiger partial charge in [-0.2, -0.15) is 0 Å². The first-order chi connectivity index (χ1) is 13.7. The number of carbonyl (C=O) groups is 2. The van der Waals surface area contributed by atoms with Crippen LogP contribution in [0.4, 0.5) is 6.01 Å². The molecule has 0 fully saturated rings. The van der Waals surface area contributed by atoms with Gasteiger partial charge < -0.3 is 9.15 Å². The summed E-state index contributed by atoms with van der Waals surface area (Å²) >= 11 is 1.47. The number of thiophene rings is 1. The fraction of sp³-hybridized carbons (Fsp3) is 0.300. The number of nitrogens with zero attached hydrogens (tertiary/aromatic N) is 2. The number of carbonyl (C=O) groups excluding carboxylic acids is 2. The Labute approximate surface area is 165 Å². The fourth-order valence-electron chi connectivity index (χ4n) is 3.10. The maximum Gasteiger partial charge on any atom is 0.348 e. The van der Waals surface area contributed by atoms with E-state index in [9.17, 15) is 9.59 Å². The molecular weight excluding hydrogens is 378 g/mol. The lowest BCUT2D eigenvalue weighted by molar-refractivity contribution is -0.119. The first-order valence-electron chi connectivity index (χ1n) is 9.16. The Morgan fingerprint density at radius 3 is 2.79 bits per heavy atom. The van der Waals surface area contributed by atoms with Crippen molar-refractivity contribution in [3.63, 3.8) is 0 Å². The molecule has 3 aromatic rings. The van der Waals surface area contributed by atoms with Crippen LogP contribution in [0, 0.1) is 0 Å². The third kappa shape index (κ3) is 4.28. The summed E-state index contributed by atoms with van der Waals surface area (Å²) < 4.78 is 10.5. The van der Waals surface area contributed by atoms with E-state index in [1.54, 1.807) is 0 Å². The number of benzene rings is 1. The van der Waals surface area contributed by atoms with Crippen LogP contribution in [-0.4, -0.2) is 28.7 Å². The number of hydrogen-bond donors (Lipinski definition) is 1. The number of amides is 1. The van der Waals surface area contributed by atoms with E-state index in [1.807, 2.05) is 36.4 Å². The normalized spacial score (nSPS) is 13.4. The molecule has 2 heterocycles. The van der Waals surface area contributed by atoms with Gasteiger partial charge in [-0.15, -0.1) is 16.4 Å². The highest BCUT2D eigenvalue weighted by molar-refractivity contribution is 7.14. The molecule has 0 aliphatic heterocycles. The van der Waals surface area contributed by atoms with Crippen LogP contribution in [0.25, 0.3) is 11.5 Å². The molecule has 1 aliphatic carbocycles. The van der Waals surface area contributed by atoms with Crippen LogP contribution in [0.1, 0.15) is 39.4 Å². The molecule has 0 spiro atoms. The van der Waals surface area contributed by atoms with Gasteiger partial charge in [-0.1, -0.05) is 29.7 Å². The van der Waals surface area contributed by atoms with Gasteiger partial charge in [0.05, 0.1) is 0 Å². The van der Waals surface area contributed by atoms with E-state index >= 15 is 0 Å². The van der Waals surface area contributed by atoms with Gasteiger partial charge in [0.1, 0.15) is 4.88 Å². The van der Waals surface area contributed by atoms with E-state index in [1.165, 1.54) is 28.2 Å². The van der Waals surface area contributed by atoms with Crippen LogP contribution in [0.15, 0.2) is 40.8 Å². The van der Waals surface area contributed by atoms with Gasteiger partial charge in [-0.25, -0.2) is 4.79 Å². The van der Waals surface area contributed by atoms with Crippen molar-refractivity contribution >= 4 is 29.2 Å². The second kappa shape index (κ2) is 8.35. The Balaban J connectivity index is 1.31. The number of ether oxygens (including phenoxy) is 1. The molecule has 1 amide bonds. The largest absolute Gasteiger partial charge is 0.451 e. The molecule has 1 N–H and O–H groups in total. The zero-order chi connectivity index (χ0) is 19.3. The molecule has 0 saturated heterocycles. The van der Waals surface area contributed by atoms with Crippen molar-refractivity contribution < 1.29 is 18.7 Å². The summed E-state index contributed by atoms with van der Waals surface area (Å²) in [6.45, 7) is -0.412. The number of aromatic nitrogens is 2. The van der Waals surface area contributed by atoms with E-state index in [0.717, 1.165) is 31.2 Å². The SMILES string of the molecule is O=C(COC(=O)c1cc2c(s1)CCCCC2)Nc1nnc(-c2ccccc2)o1. The lowest BCUT2D eigenvalue weighted by Gasteiger charge is -2.02. The quantitative estimate of drug-likeness (QED) is 0.519. The Bertz CT molecular complexity index is 957. The fourth-order valence-corrected chi connectivity index (χ4v) is 4.24. The summed E-state index contributed by atoms with van der Waals surface area (Å²) in [5, 5.41) is 10.1. The lowest BCUT2D eigenvalue weighted by Crippen LogP contribution is -2.20. The Morgan fingerprint density at radius 2 is 1.93 bits per heavy atom. The molecule has 28 heavy (non-hydrogen) atoms. The van der Waals surface area contributed by atoms with Crippen LogP contribution in [0.3, 0.4) is 0 Å². The number of anilines is 1. The zero-order valence-corrected chi connectivity index (χ0v) is 16.0. The van der Waals surface area contributed by atoms with Crippen molar-refractivity contribution in [1.82, 2.24) is 10.2 Å². The minimum Gasteiger partial charge on any atom is -0.451 e. The van der Waals surface area contributed by atoms with E-state index < -0.39 is 18.5 Å². The van der Waals surface area contributed by atoms with Gasteiger partial charge >= 0.3 is 12.0 Å². The van der Waals surface area contributed by atoms with Gasteiger partial charge in [-0.3, -0.25) is 10.1 Å². The van der Waals surface area contributed by atoms with Gasteiger partial charge in [0.15, 0.2) is 6.61 Å². The molecule has 7 nitrogen and oxygen atoms in total. The maximum atomic E-state index is 12.3. The number of hydrogen-bond acceptors (Lipinski definition) is 7. The first-order valence-corrected chi connectivity index (χ1v) is 9.98. The van der Waals surface area contributed by atoms with Crippen LogP contribution >= 0.6 is 11.3 Å². The minimum atomic E-state index is -0.533. The van der Waals surface area contributed by atoms with Crippen LogP contribution in [-0.2, 0) is 22.4 Å². The molecule has 1 aliphatic rings. The van der Waals surface area contributed by atoms with Gasteiger partial charge in [0.25, 0.3) is 5.91 Å². The van der Waals surface area contributed by atoms with Gasteiger partial charge in [0.2, 0.25) is 5.89 Å². The summed E-state index contributed by atoms with van der Waals surface area (Å²) in [4.78, 5) is 26.1. The third-order valence-corrected chi connectivity index (χ3v) is 5.69. The molecular formula is C20H19N3O4S. The van der Waals surface area contributed by atoms with Crippen LogP contribution < -0.4 is 5.32 Å². The smallest absolute Gasteiger partial charge is 0.348 e. The first kappa shape index (κ1) is 18.4. The minimum absolute atomic E-state index is 0.0391. The zero-order valence-electron chi connectivity index (χ0n) is 15.1. The third-order valence-electron chi connectivity index (χ3n) is 4.47. The molecule has 2 aromatic heterocycles. The van der Waals surface area contributed by atoms with E-state index in [-0.39, 0.29) is 6.01 Å².